The van der Waals surface area contributed by atoms with E-state index in [1.165, 1.54) is 12.8 Å². The predicted octanol–water partition coefficient (Wildman–Crippen LogP) is 2.06. The van der Waals surface area contributed by atoms with Gasteiger partial charge in [-0.3, -0.25) is 0 Å². The third-order valence-electron chi connectivity index (χ3n) is 3.55. The summed E-state index contributed by atoms with van der Waals surface area (Å²) < 4.78 is 11.2. The Labute approximate surface area is 99.9 Å². The Morgan fingerprint density at radius 2 is 2.00 bits per heavy atom. The summed E-state index contributed by atoms with van der Waals surface area (Å²) >= 11 is 0. The maximum atomic E-state index is 6.11. The largest absolute Gasteiger partial charge is 0.382 e. The molecule has 0 radical (unpaired) electrons. The molecular formula is C13H27NO2. The molecule has 0 aliphatic heterocycles. The van der Waals surface area contributed by atoms with E-state index < -0.39 is 0 Å². The second kappa shape index (κ2) is 6.58. The van der Waals surface area contributed by atoms with Gasteiger partial charge in [-0.2, -0.15) is 0 Å². The van der Waals surface area contributed by atoms with E-state index in [2.05, 4.69) is 26.1 Å². The van der Waals surface area contributed by atoms with E-state index in [4.69, 9.17) is 9.47 Å². The molecule has 3 heteroatoms. The van der Waals surface area contributed by atoms with E-state index >= 15 is 0 Å². The van der Waals surface area contributed by atoms with Crippen LogP contribution >= 0.6 is 0 Å². The molecule has 0 amide bonds. The van der Waals surface area contributed by atoms with Gasteiger partial charge in [0.05, 0.1) is 18.8 Å². The highest BCUT2D eigenvalue weighted by atomic mass is 16.5. The Bertz CT molecular complexity index is 198. The number of methoxy groups -OCH3 is 1. The Kier molecular flexibility index (Phi) is 5.73. The number of likely N-dealkylation sites (N-methyl/N-ethyl adjacent to an activating group) is 1. The third-order valence-corrected chi connectivity index (χ3v) is 3.55. The van der Waals surface area contributed by atoms with Crippen molar-refractivity contribution in [3.05, 3.63) is 0 Å². The van der Waals surface area contributed by atoms with Crippen molar-refractivity contribution in [2.45, 2.75) is 51.9 Å². The summed E-state index contributed by atoms with van der Waals surface area (Å²) in [5, 5.41) is 3.40. The molecule has 1 aliphatic rings. The van der Waals surface area contributed by atoms with E-state index in [0.717, 1.165) is 5.92 Å². The van der Waals surface area contributed by atoms with Crippen molar-refractivity contribution in [2.24, 2.45) is 11.8 Å². The summed E-state index contributed by atoms with van der Waals surface area (Å²) in [5.74, 6) is 1.42. The van der Waals surface area contributed by atoms with E-state index in [1.807, 2.05) is 7.05 Å². The number of hydrogen-bond donors (Lipinski definition) is 1. The molecule has 0 bridgehead atoms. The quantitative estimate of drug-likeness (QED) is 0.783. The Balaban J connectivity index is 2.53. The van der Waals surface area contributed by atoms with Gasteiger partial charge in [-0.25, -0.2) is 0 Å². The summed E-state index contributed by atoms with van der Waals surface area (Å²) in [7, 11) is 3.76. The van der Waals surface area contributed by atoms with Gasteiger partial charge in [-0.05, 0) is 38.6 Å². The van der Waals surface area contributed by atoms with Crippen LogP contribution in [0.4, 0.5) is 0 Å². The van der Waals surface area contributed by atoms with Crippen LogP contribution < -0.4 is 5.32 Å². The van der Waals surface area contributed by atoms with Crippen LogP contribution in [0.25, 0.3) is 0 Å². The molecule has 0 saturated heterocycles. The fourth-order valence-electron chi connectivity index (χ4n) is 2.88. The molecule has 3 nitrogen and oxygen atoms in total. The highest BCUT2D eigenvalue weighted by molar-refractivity contribution is 4.88. The zero-order valence-electron chi connectivity index (χ0n) is 11.3. The molecule has 0 aromatic heterocycles. The molecule has 16 heavy (non-hydrogen) atoms. The summed E-state index contributed by atoms with van der Waals surface area (Å²) in [6.45, 7) is 7.38. The van der Waals surface area contributed by atoms with Gasteiger partial charge in [0.1, 0.15) is 0 Å². The minimum absolute atomic E-state index is 0.182. The molecule has 5 atom stereocenters. The van der Waals surface area contributed by atoms with Crippen LogP contribution in [0.5, 0.6) is 0 Å². The van der Waals surface area contributed by atoms with Crippen LogP contribution in [-0.4, -0.2) is 39.0 Å². The average Bonchev–Trinajstić information content (AvgIpc) is 2.22. The summed E-state index contributed by atoms with van der Waals surface area (Å²) in [5.41, 5.74) is 0. The van der Waals surface area contributed by atoms with Crippen LogP contribution in [0.2, 0.25) is 0 Å². The van der Waals surface area contributed by atoms with Crippen molar-refractivity contribution in [1.82, 2.24) is 5.32 Å². The van der Waals surface area contributed by atoms with Gasteiger partial charge in [0.2, 0.25) is 0 Å². The number of hydrogen-bond acceptors (Lipinski definition) is 3. The smallest absolute Gasteiger partial charge is 0.0784 e. The van der Waals surface area contributed by atoms with Gasteiger partial charge in [-0.1, -0.05) is 13.8 Å². The maximum absolute atomic E-state index is 6.11. The first-order valence-electron chi connectivity index (χ1n) is 6.40. The van der Waals surface area contributed by atoms with Crippen molar-refractivity contribution in [3.63, 3.8) is 0 Å². The van der Waals surface area contributed by atoms with E-state index in [1.54, 1.807) is 7.11 Å². The lowest BCUT2D eigenvalue weighted by molar-refractivity contribution is -0.0918. The van der Waals surface area contributed by atoms with Crippen LogP contribution in [0.3, 0.4) is 0 Å². The Morgan fingerprint density at radius 1 is 1.31 bits per heavy atom. The molecule has 1 aliphatic carbocycles. The molecule has 0 aromatic carbocycles. The van der Waals surface area contributed by atoms with E-state index in [9.17, 15) is 0 Å². The summed E-state index contributed by atoms with van der Waals surface area (Å²) in [6.07, 6.45) is 2.99. The van der Waals surface area contributed by atoms with Crippen molar-refractivity contribution >= 4 is 0 Å². The normalized spacial score (nSPS) is 37.3. The molecule has 5 unspecified atom stereocenters. The number of ether oxygens (including phenoxy) is 2. The minimum Gasteiger partial charge on any atom is -0.382 e. The first-order chi connectivity index (χ1) is 7.58. The van der Waals surface area contributed by atoms with Crippen LogP contribution in [0, 0.1) is 11.8 Å². The molecule has 0 spiro atoms. The van der Waals surface area contributed by atoms with Gasteiger partial charge < -0.3 is 14.8 Å². The molecule has 1 N–H and O–H groups in total. The fourth-order valence-corrected chi connectivity index (χ4v) is 2.88. The lowest BCUT2D eigenvalue weighted by atomic mass is 9.78. The monoisotopic (exact) mass is 229 g/mol. The first kappa shape index (κ1) is 13.9. The van der Waals surface area contributed by atoms with Gasteiger partial charge in [0.15, 0.2) is 0 Å². The first-order valence-corrected chi connectivity index (χ1v) is 6.40. The average molecular weight is 229 g/mol. The zero-order valence-corrected chi connectivity index (χ0v) is 11.3. The van der Waals surface area contributed by atoms with Crippen molar-refractivity contribution < 1.29 is 9.47 Å². The Morgan fingerprint density at radius 3 is 2.56 bits per heavy atom. The Hall–Kier alpha value is -0.120. The zero-order chi connectivity index (χ0) is 12.1. The third kappa shape index (κ3) is 3.72. The van der Waals surface area contributed by atoms with Crippen molar-refractivity contribution in [3.8, 4) is 0 Å². The highest BCUT2D eigenvalue weighted by Gasteiger charge is 2.34. The second-order valence-corrected chi connectivity index (χ2v) is 5.32. The van der Waals surface area contributed by atoms with E-state index in [0.29, 0.717) is 24.7 Å². The van der Waals surface area contributed by atoms with Crippen molar-refractivity contribution in [2.75, 3.05) is 20.8 Å². The van der Waals surface area contributed by atoms with Crippen molar-refractivity contribution in [1.29, 1.82) is 0 Å². The van der Waals surface area contributed by atoms with Crippen LogP contribution in [0.15, 0.2) is 0 Å². The molecule has 1 saturated carbocycles. The molecule has 1 rings (SSSR count). The molecule has 96 valence electrons. The molecular weight excluding hydrogens is 202 g/mol. The predicted molar refractivity (Wildman–Crippen MR) is 66.6 cm³/mol. The molecule has 0 heterocycles. The second-order valence-electron chi connectivity index (χ2n) is 5.32. The maximum Gasteiger partial charge on any atom is 0.0784 e. The topological polar surface area (TPSA) is 30.5 Å². The number of rotatable bonds is 5. The number of nitrogens with one attached hydrogen (secondary N) is 1. The fraction of sp³-hybridized carbons (Fsp3) is 1.00. The molecule has 1 fully saturated rings. The van der Waals surface area contributed by atoms with Gasteiger partial charge >= 0.3 is 0 Å². The van der Waals surface area contributed by atoms with Gasteiger partial charge in [0, 0.05) is 13.2 Å². The molecule has 0 aromatic rings. The SMILES string of the molecule is CNC1CC(C)CC(C)C1OC(C)COC. The van der Waals surface area contributed by atoms with Crippen LogP contribution in [-0.2, 0) is 9.47 Å². The summed E-state index contributed by atoms with van der Waals surface area (Å²) in [6, 6.07) is 0.484. The summed E-state index contributed by atoms with van der Waals surface area (Å²) in [4.78, 5) is 0. The lowest BCUT2D eigenvalue weighted by Gasteiger charge is -2.40. The minimum atomic E-state index is 0.182. The van der Waals surface area contributed by atoms with Gasteiger partial charge in [-0.15, -0.1) is 0 Å². The van der Waals surface area contributed by atoms with Crippen LogP contribution in [0.1, 0.15) is 33.6 Å². The van der Waals surface area contributed by atoms with Gasteiger partial charge in [0.25, 0.3) is 0 Å². The standard InChI is InChI=1S/C13H27NO2/c1-9-6-10(2)13(12(7-9)14-4)16-11(3)8-15-5/h9-14H,6-8H2,1-5H3. The highest BCUT2D eigenvalue weighted by Crippen LogP contribution is 2.31. The lowest BCUT2D eigenvalue weighted by Crippen LogP contribution is -2.49. The van der Waals surface area contributed by atoms with E-state index in [-0.39, 0.29) is 6.10 Å².